The molecule has 0 aromatic carbocycles. The summed E-state index contributed by atoms with van der Waals surface area (Å²) in [6.07, 6.45) is -2.46. The van der Waals surface area contributed by atoms with Crippen molar-refractivity contribution in [2.45, 2.75) is 23.9 Å². The first-order valence-electron chi connectivity index (χ1n) is 5.91. The molecule has 2 atom stereocenters. The summed E-state index contributed by atoms with van der Waals surface area (Å²) < 4.78 is 37.2. The Morgan fingerprint density at radius 1 is 1.42 bits per heavy atom. The maximum absolute atomic E-state index is 12.4. The van der Waals surface area contributed by atoms with Crippen molar-refractivity contribution < 1.29 is 18.0 Å². The minimum atomic E-state index is -4.47. The largest absolute Gasteiger partial charge is 0.433 e. The van der Waals surface area contributed by atoms with Crippen LogP contribution < -0.4 is 0 Å². The standard InChI is InChI=1S/C12H11F3N2OS/c13-12(14,15)10-2-1-7(4-16-10)11(18)17-5-9-3-8(17)6-19-9/h1-2,4,8-9H,3,5-6H2/t8-,9+/m0/s1. The molecule has 3 rings (SSSR count). The summed E-state index contributed by atoms with van der Waals surface area (Å²) in [5, 5.41) is 0.483. The molecule has 0 unspecified atom stereocenters. The molecule has 0 N–H and O–H groups in total. The number of aromatic nitrogens is 1. The number of pyridine rings is 1. The number of carbonyl (C=O) groups excluding carboxylic acids is 1. The minimum absolute atomic E-state index is 0.214. The number of nitrogens with zero attached hydrogens (tertiary/aromatic N) is 2. The lowest BCUT2D eigenvalue weighted by Crippen LogP contribution is -2.39. The van der Waals surface area contributed by atoms with Gasteiger partial charge in [0.2, 0.25) is 0 Å². The Morgan fingerprint density at radius 2 is 2.21 bits per heavy atom. The fourth-order valence-corrected chi connectivity index (χ4v) is 3.94. The van der Waals surface area contributed by atoms with E-state index in [1.54, 1.807) is 4.90 Å². The lowest BCUT2D eigenvalue weighted by atomic mass is 10.2. The number of amides is 1. The highest BCUT2D eigenvalue weighted by atomic mass is 32.2. The first-order valence-corrected chi connectivity index (χ1v) is 6.96. The summed E-state index contributed by atoms with van der Waals surface area (Å²) in [4.78, 5) is 17.3. The molecule has 0 spiro atoms. The van der Waals surface area contributed by atoms with Crippen LogP contribution in [0, 0.1) is 0 Å². The number of hydrogen-bond donors (Lipinski definition) is 0. The van der Waals surface area contributed by atoms with Gasteiger partial charge in [-0.3, -0.25) is 9.78 Å². The second-order valence-corrected chi connectivity index (χ2v) is 6.07. The highest BCUT2D eigenvalue weighted by molar-refractivity contribution is 8.00. The van der Waals surface area contributed by atoms with E-state index < -0.39 is 11.9 Å². The Balaban J connectivity index is 1.77. The topological polar surface area (TPSA) is 33.2 Å². The maximum Gasteiger partial charge on any atom is 0.433 e. The lowest BCUT2D eigenvalue weighted by molar-refractivity contribution is -0.141. The number of halogens is 3. The van der Waals surface area contributed by atoms with Gasteiger partial charge in [-0.05, 0) is 18.6 Å². The Kier molecular flexibility index (Phi) is 2.96. The summed E-state index contributed by atoms with van der Waals surface area (Å²) in [5.74, 6) is 0.707. The summed E-state index contributed by atoms with van der Waals surface area (Å²) in [5.41, 5.74) is -0.743. The Hall–Kier alpha value is -1.24. The lowest BCUT2D eigenvalue weighted by Gasteiger charge is -2.26. The molecule has 0 saturated carbocycles. The highest BCUT2D eigenvalue weighted by Crippen LogP contribution is 2.38. The van der Waals surface area contributed by atoms with Crippen molar-refractivity contribution in [2.75, 3.05) is 12.3 Å². The first-order chi connectivity index (χ1) is 8.95. The molecule has 1 amide bonds. The SMILES string of the molecule is O=C(c1ccc(C(F)(F)F)nc1)N1C[C@H]2C[C@H]1CS2. The molecule has 2 fully saturated rings. The van der Waals surface area contributed by atoms with Gasteiger partial charge in [0.05, 0.1) is 5.56 Å². The normalized spacial score (nSPS) is 25.9. The zero-order valence-corrected chi connectivity index (χ0v) is 10.7. The maximum atomic E-state index is 12.4. The monoisotopic (exact) mass is 288 g/mol. The molecule has 2 saturated heterocycles. The van der Waals surface area contributed by atoms with Crippen molar-refractivity contribution >= 4 is 17.7 Å². The van der Waals surface area contributed by atoms with Crippen LogP contribution in [0.3, 0.4) is 0 Å². The second-order valence-electron chi connectivity index (χ2n) is 4.73. The molecule has 1 aromatic heterocycles. The van der Waals surface area contributed by atoms with Gasteiger partial charge in [0.25, 0.3) is 5.91 Å². The molecule has 1 aromatic rings. The summed E-state index contributed by atoms with van der Waals surface area (Å²) in [7, 11) is 0. The van der Waals surface area contributed by atoms with Gasteiger partial charge in [-0.2, -0.15) is 24.9 Å². The van der Waals surface area contributed by atoms with E-state index >= 15 is 0 Å². The summed E-state index contributed by atoms with van der Waals surface area (Å²) in [6, 6.07) is 2.29. The molecular weight excluding hydrogens is 277 g/mol. The van der Waals surface area contributed by atoms with Gasteiger partial charge in [0.15, 0.2) is 0 Å². The molecule has 2 aliphatic heterocycles. The van der Waals surface area contributed by atoms with E-state index in [1.807, 2.05) is 11.8 Å². The van der Waals surface area contributed by atoms with E-state index in [-0.39, 0.29) is 17.5 Å². The average molecular weight is 288 g/mol. The quantitative estimate of drug-likeness (QED) is 0.796. The van der Waals surface area contributed by atoms with Crippen LogP contribution in [0.2, 0.25) is 0 Å². The highest BCUT2D eigenvalue weighted by Gasteiger charge is 2.41. The van der Waals surface area contributed by atoms with Crippen LogP contribution in [0.15, 0.2) is 18.3 Å². The summed E-state index contributed by atoms with van der Waals surface area (Å²) >= 11 is 1.86. The van der Waals surface area contributed by atoms with Crippen molar-refractivity contribution in [1.82, 2.24) is 9.88 Å². The molecule has 102 valence electrons. The predicted octanol–water partition coefficient (Wildman–Crippen LogP) is 2.43. The van der Waals surface area contributed by atoms with E-state index in [4.69, 9.17) is 0 Å². The number of alkyl halides is 3. The summed E-state index contributed by atoms with van der Waals surface area (Å²) in [6.45, 7) is 0.690. The van der Waals surface area contributed by atoms with E-state index in [0.29, 0.717) is 11.8 Å². The molecule has 0 radical (unpaired) electrons. The minimum Gasteiger partial charge on any atom is -0.334 e. The van der Waals surface area contributed by atoms with Crippen LogP contribution in [-0.4, -0.2) is 39.4 Å². The number of likely N-dealkylation sites (tertiary alicyclic amines) is 1. The molecule has 3 heterocycles. The van der Waals surface area contributed by atoms with Crippen molar-refractivity contribution in [3.63, 3.8) is 0 Å². The van der Waals surface area contributed by atoms with E-state index in [1.165, 1.54) is 6.07 Å². The van der Waals surface area contributed by atoms with Crippen LogP contribution in [-0.2, 0) is 6.18 Å². The van der Waals surface area contributed by atoms with Crippen molar-refractivity contribution in [1.29, 1.82) is 0 Å². The fraction of sp³-hybridized carbons (Fsp3) is 0.500. The fourth-order valence-electron chi connectivity index (χ4n) is 2.50. The zero-order chi connectivity index (χ0) is 13.6. The average Bonchev–Trinajstić information content (AvgIpc) is 2.99. The molecule has 3 nitrogen and oxygen atoms in total. The molecule has 19 heavy (non-hydrogen) atoms. The zero-order valence-electron chi connectivity index (χ0n) is 9.85. The van der Waals surface area contributed by atoms with Gasteiger partial charge in [0.1, 0.15) is 5.69 Å². The van der Waals surface area contributed by atoms with Gasteiger partial charge in [-0.25, -0.2) is 0 Å². The first kappa shape index (κ1) is 12.8. The van der Waals surface area contributed by atoms with Crippen LogP contribution in [0.1, 0.15) is 22.5 Å². The van der Waals surface area contributed by atoms with Gasteiger partial charge in [-0.1, -0.05) is 0 Å². The molecule has 2 bridgehead atoms. The van der Waals surface area contributed by atoms with E-state index in [0.717, 1.165) is 24.4 Å². The predicted molar refractivity (Wildman–Crippen MR) is 64.9 cm³/mol. The molecule has 2 aliphatic rings. The Morgan fingerprint density at radius 3 is 2.68 bits per heavy atom. The third-order valence-corrected chi connectivity index (χ3v) is 4.85. The van der Waals surface area contributed by atoms with Crippen molar-refractivity contribution in [3.8, 4) is 0 Å². The second kappa shape index (κ2) is 4.40. The van der Waals surface area contributed by atoms with Gasteiger partial charge in [-0.15, -0.1) is 0 Å². The smallest absolute Gasteiger partial charge is 0.334 e. The Labute approximate surface area is 112 Å². The molecule has 7 heteroatoms. The van der Waals surface area contributed by atoms with E-state index in [9.17, 15) is 18.0 Å². The van der Waals surface area contributed by atoms with Crippen LogP contribution in [0.5, 0.6) is 0 Å². The van der Waals surface area contributed by atoms with E-state index in [2.05, 4.69) is 4.98 Å². The number of fused-ring (bicyclic) bond motifs is 2. The number of hydrogen-bond acceptors (Lipinski definition) is 3. The van der Waals surface area contributed by atoms with Gasteiger partial charge < -0.3 is 4.90 Å². The molecule has 0 aliphatic carbocycles. The number of carbonyl (C=O) groups is 1. The van der Waals surface area contributed by atoms with Crippen molar-refractivity contribution in [2.24, 2.45) is 0 Å². The third kappa shape index (κ3) is 2.31. The van der Waals surface area contributed by atoms with Crippen LogP contribution in [0.4, 0.5) is 13.2 Å². The van der Waals surface area contributed by atoms with Crippen molar-refractivity contribution in [3.05, 3.63) is 29.6 Å². The Bertz CT molecular complexity index is 503. The van der Waals surface area contributed by atoms with Gasteiger partial charge in [0, 0.05) is 29.8 Å². The number of rotatable bonds is 1. The van der Waals surface area contributed by atoms with Crippen LogP contribution >= 0.6 is 11.8 Å². The van der Waals surface area contributed by atoms with Gasteiger partial charge >= 0.3 is 6.18 Å². The number of thioether (sulfide) groups is 1. The van der Waals surface area contributed by atoms with Crippen LogP contribution in [0.25, 0.3) is 0 Å². The third-order valence-electron chi connectivity index (χ3n) is 3.46. The molecular formula is C12H11F3N2OS.